The second-order valence-electron chi connectivity index (χ2n) is 4.95. The molecule has 1 aliphatic rings. The van der Waals surface area contributed by atoms with Crippen LogP contribution in [0.2, 0.25) is 0 Å². The molecule has 6 nitrogen and oxygen atoms in total. The van der Waals surface area contributed by atoms with Gasteiger partial charge in [-0.3, -0.25) is 20.2 Å². The average Bonchev–Trinajstić information content (AvgIpc) is 2.39. The standard InChI is InChI=1S/C11H18N2O3.C3H6OS2.Na.Zn.H/c1-4-6-7(3)11(5-2)8(14)12-10(16)13-9(11)15;1-2-4-3(5)6;;;/h7H,4-6H2,1-3H3,(H2,12,13,14,15,16);2H2,1H3,(H,5,6);;;/q;;+1;;-1. The van der Waals surface area contributed by atoms with Gasteiger partial charge in [0.25, 0.3) is 0 Å². The number of hydrogen-bond acceptors (Lipinski definition) is 5. The fraction of sp³-hybridized carbons (Fsp3) is 0.714. The molecule has 1 aliphatic heterocycles. The predicted molar refractivity (Wildman–Crippen MR) is 92.8 cm³/mol. The topological polar surface area (TPSA) is 84.5 Å². The fourth-order valence-electron chi connectivity index (χ4n) is 2.48. The van der Waals surface area contributed by atoms with Crippen molar-refractivity contribution in [1.29, 1.82) is 0 Å². The quantitative estimate of drug-likeness (QED) is 0.234. The second-order valence-corrected chi connectivity index (χ2v) is 6.03. The Bertz CT molecular complexity index is 439. The monoisotopic (exact) mass is 436 g/mol. The van der Waals surface area contributed by atoms with Crippen LogP contribution in [-0.4, -0.2) is 28.8 Å². The van der Waals surface area contributed by atoms with Gasteiger partial charge in [-0.15, -0.1) is 0 Å². The SMILES string of the molecule is CCCC(C)C1(CC)C(=O)NC(=O)NC1=O.CCOC(=S)S.[H-].[Na+].[Zn]. The molecule has 24 heavy (non-hydrogen) atoms. The number of carbonyl (C=O) groups excluding carboxylic acids is 3. The van der Waals surface area contributed by atoms with Gasteiger partial charge in [-0.25, -0.2) is 4.79 Å². The van der Waals surface area contributed by atoms with Gasteiger partial charge in [-0.05, 0) is 37.9 Å². The number of nitrogens with one attached hydrogen (secondary N) is 2. The zero-order chi connectivity index (χ0) is 17.3. The summed E-state index contributed by atoms with van der Waals surface area (Å²) in [6.45, 7) is 8.15. The maximum absolute atomic E-state index is 11.9. The molecule has 1 saturated heterocycles. The van der Waals surface area contributed by atoms with Crippen molar-refractivity contribution in [3.63, 3.8) is 0 Å². The van der Waals surface area contributed by atoms with Gasteiger partial charge in [0.1, 0.15) is 5.41 Å². The van der Waals surface area contributed by atoms with E-state index in [0.717, 1.165) is 12.8 Å². The number of imide groups is 2. The Morgan fingerprint density at radius 1 is 1.25 bits per heavy atom. The van der Waals surface area contributed by atoms with E-state index in [-0.39, 0.29) is 56.4 Å². The van der Waals surface area contributed by atoms with E-state index in [9.17, 15) is 14.4 Å². The first kappa shape index (κ1) is 29.2. The maximum Gasteiger partial charge on any atom is 1.00 e. The molecular formula is C14H25N2NaO4S2Zn. The second kappa shape index (κ2) is 14.6. The largest absolute Gasteiger partial charge is 1.00 e. The molecule has 1 rings (SSSR count). The molecule has 10 heteroatoms. The first-order valence-electron chi connectivity index (χ1n) is 7.28. The third-order valence-electron chi connectivity index (χ3n) is 3.65. The molecule has 1 heterocycles. The summed E-state index contributed by atoms with van der Waals surface area (Å²) in [6.07, 6.45) is 2.08. The van der Waals surface area contributed by atoms with E-state index >= 15 is 0 Å². The van der Waals surface area contributed by atoms with Crippen molar-refractivity contribution < 1.29 is 69.6 Å². The van der Waals surface area contributed by atoms with Crippen molar-refractivity contribution in [2.75, 3.05) is 6.61 Å². The van der Waals surface area contributed by atoms with Gasteiger partial charge in [-0.2, -0.15) is 0 Å². The third-order valence-corrected chi connectivity index (χ3v) is 3.90. The molecule has 0 radical (unpaired) electrons. The van der Waals surface area contributed by atoms with Crippen molar-refractivity contribution in [2.45, 2.75) is 47.0 Å². The van der Waals surface area contributed by atoms with Gasteiger partial charge in [-0.1, -0.05) is 39.8 Å². The van der Waals surface area contributed by atoms with Crippen LogP contribution < -0.4 is 40.2 Å². The van der Waals surface area contributed by atoms with Crippen LogP contribution in [0, 0.1) is 11.3 Å². The van der Waals surface area contributed by atoms with Gasteiger partial charge in [0, 0.05) is 19.5 Å². The molecule has 0 saturated carbocycles. The summed E-state index contributed by atoms with van der Waals surface area (Å²) >= 11 is 8.12. The maximum atomic E-state index is 11.9. The molecule has 0 aliphatic carbocycles. The number of ether oxygens (including phenoxy) is 1. The number of carbonyl (C=O) groups is 3. The molecule has 0 aromatic heterocycles. The number of rotatable bonds is 5. The van der Waals surface area contributed by atoms with Crippen LogP contribution in [0.5, 0.6) is 0 Å². The summed E-state index contributed by atoms with van der Waals surface area (Å²) in [6, 6.07) is -0.720. The number of thiocarbonyl (C=S) groups is 1. The van der Waals surface area contributed by atoms with Crippen molar-refractivity contribution in [2.24, 2.45) is 11.3 Å². The summed E-state index contributed by atoms with van der Waals surface area (Å²) in [5, 5.41) is 4.36. The Kier molecular flexibility index (Phi) is 17.8. The van der Waals surface area contributed by atoms with Gasteiger partial charge >= 0.3 is 35.6 Å². The molecule has 1 atom stereocenters. The predicted octanol–water partition coefficient (Wildman–Crippen LogP) is -0.463. The van der Waals surface area contributed by atoms with Crippen LogP contribution >= 0.6 is 24.8 Å². The van der Waals surface area contributed by atoms with Gasteiger partial charge in [0.15, 0.2) is 0 Å². The van der Waals surface area contributed by atoms with Crippen LogP contribution in [0.25, 0.3) is 0 Å². The fourth-order valence-corrected chi connectivity index (χ4v) is 2.73. The smallest absolute Gasteiger partial charge is 1.00 e. The van der Waals surface area contributed by atoms with Crippen molar-refractivity contribution in [1.82, 2.24) is 10.6 Å². The number of hydrogen-bond donors (Lipinski definition) is 3. The summed E-state index contributed by atoms with van der Waals surface area (Å²) in [5.74, 6) is -1.01. The van der Waals surface area contributed by atoms with Crippen molar-refractivity contribution in [3.8, 4) is 0 Å². The van der Waals surface area contributed by atoms with Gasteiger partial charge < -0.3 is 6.16 Å². The van der Waals surface area contributed by atoms with E-state index in [1.165, 1.54) is 0 Å². The zero-order valence-electron chi connectivity index (χ0n) is 16.1. The Balaban J connectivity index is -0.000000214. The first-order valence-corrected chi connectivity index (χ1v) is 8.14. The summed E-state index contributed by atoms with van der Waals surface area (Å²) < 4.78 is 4.95. The summed E-state index contributed by atoms with van der Waals surface area (Å²) in [4.78, 5) is 34.8. The van der Waals surface area contributed by atoms with Gasteiger partial charge in [0.2, 0.25) is 16.2 Å². The van der Waals surface area contributed by atoms with Crippen LogP contribution in [0.15, 0.2) is 0 Å². The van der Waals surface area contributed by atoms with Crippen LogP contribution in [-0.2, 0) is 33.8 Å². The van der Waals surface area contributed by atoms with Crippen LogP contribution in [0.1, 0.15) is 48.4 Å². The average molecular weight is 438 g/mol. The van der Waals surface area contributed by atoms with E-state index in [1.807, 2.05) is 20.8 Å². The molecule has 0 aromatic carbocycles. The van der Waals surface area contributed by atoms with Crippen molar-refractivity contribution >= 4 is 47.1 Å². The van der Waals surface area contributed by atoms with E-state index in [2.05, 4.69) is 40.2 Å². The summed E-state index contributed by atoms with van der Waals surface area (Å²) in [7, 11) is 0. The molecule has 0 spiro atoms. The third kappa shape index (κ3) is 8.24. The molecule has 4 amide bonds. The molecule has 1 unspecified atom stereocenters. The minimum atomic E-state index is -1.09. The van der Waals surface area contributed by atoms with E-state index in [1.54, 1.807) is 6.92 Å². The Morgan fingerprint density at radius 2 is 1.71 bits per heavy atom. The molecule has 1 fully saturated rings. The number of barbiturate groups is 1. The molecule has 0 aromatic rings. The Labute approximate surface area is 190 Å². The first-order chi connectivity index (χ1) is 10.3. The number of urea groups is 1. The van der Waals surface area contributed by atoms with E-state index in [0.29, 0.717) is 17.4 Å². The minimum Gasteiger partial charge on any atom is -1.00 e. The number of thiol groups is 1. The van der Waals surface area contributed by atoms with Gasteiger partial charge in [0.05, 0.1) is 6.61 Å². The number of amides is 4. The molecule has 130 valence electrons. The minimum absolute atomic E-state index is 0. The van der Waals surface area contributed by atoms with Crippen LogP contribution in [0.4, 0.5) is 4.79 Å². The zero-order valence-corrected chi connectivity index (χ0v) is 21.8. The van der Waals surface area contributed by atoms with Crippen LogP contribution in [0.3, 0.4) is 0 Å². The van der Waals surface area contributed by atoms with E-state index in [4.69, 9.17) is 0 Å². The summed E-state index contributed by atoms with van der Waals surface area (Å²) in [5.41, 5.74) is -1.09. The Morgan fingerprint density at radius 3 is 1.96 bits per heavy atom. The van der Waals surface area contributed by atoms with Crippen molar-refractivity contribution in [3.05, 3.63) is 0 Å². The molecule has 2 N–H and O–H groups in total. The van der Waals surface area contributed by atoms with E-state index < -0.39 is 23.3 Å². The molecular weight excluding hydrogens is 413 g/mol. The Hall–Kier alpha value is 0.473. The normalized spacial score (nSPS) is 16.1. The molecule has 0 bridgehead atoms.